The first-order valence-corrected chi connectivity index (χ1v) is 6.34. The third kappa shape index (κ3) is 3.01. The Morgan fingerprint density at radius 2 is 2.39 bits per heavy atom. The normalized spacial score (nSPS) is 19.7. The van der Waals surface area contributed by atoms with Crippen LogP contribution in [-0.2, 0) is 11.2 Å². The van der Waals surface area contributed by atoms with Crippen molar-refractivity contribution in [1.29, 1.82) is 0 Å². The second kappa shape index (κ2) is 5.87. The molecule has 4 heteroatoms. The Hall–Kier alpha value is -1.55. The fourth-order valence-electron chi connectivity index (χ4n) is 2.27. The monoisotopic (exact) mass is 248 g/mol. The smallest absolute Gasteiger partial charge is 0.227 e. The average molecular weight is 248 g/mol. The van der Waals surface area contributed by atoms with Gasteiger partial charge in [-0.15, -0.1) is 0 Å². The molecule has 1 aromatic carbocycles. The lowest BCUT2D eigenvalue weighted by molar-refractivity contribution is -0.133. The van der Waals surface area contributed by atoms with Crippen LogP contribution in [0.15, 0.2) is 24.3 Å². The number of amides is 1. The lowest BCUT2D eigenvalue weighted by Gasteiger charge is -2.34. The van der Waals surface area contributed by atoms with Crippen LogP contribution in [0.25, 0.3) is 0 Å². The number of carbonyl (C=O) groups is 1. The van der Waals surface area contributed by atoms with E-state index in [1.807, 2.05) is 29.2 Å². The number of nitrogens with zero attached hydrogens (tertiary/aromatic N) is 1. The third-order valence-corrected chi connectivity index (χ3v) is 3.31. The van der Waals surface area contributed by atoms with Crippen molar-refractivity contribution in [1.82, 2.24) is 10.2 Å². The molecule has 1 saturated heterocycles. The van der Waals surface area contributed by atoms with Gasteiger partial charge in [0.2, 0.25) is 5.91 Å². The van der Waals surface area contributed by atoms with Crippen molar-refractivity contribution in [2.75, 3.05) is 26.7 Å². The van der Waals surface area contributed by atoms with Gasteiger partial charge in [0.15, 0.2) is 0 Å². The van der Waals surface area contributed by atoms with E-state index in [1.165, 1.54) is 0 Å². The second-order valence-corrected chi connectivity index (χ2v) is 4.67. The molecule has 2 rings (SSSR count). The number of methoxy groups -OCH3 is 1. The highest BCUT2D eigenvalue weighted by molar-refractivity contribution is 5.79. The standard InChI is InChI=1S/C14H20N2O2/c1-11-10-15-6-7-16(11)14(17)9-12-4-3-5-13(8-12)18-2/h3-5,8,11,15H,6-7,9-10H2,1-2H3. The van der Waals surface area contributed by atoms with Crippen LogP contribution in [0, 0.1) is 0 Å². The molecule has 0 spiro atoms. The van der Waals surface area contributed by atoms with Crippen molar-refractivity contribution in [2.24, 2.45) is 0 Å². The highest BCUT2D eigenvalue weighted by atomic mass is 16.5. The van der Waals surface area contributed by atoms with Crippen LogP contribution in [0.1, 0.15) is 12.5 Å². The van der Waals surface area contributed by atoms with Crippen LogP contribution < -0.4 is 10.1 Å². The summed E-state index contributed by atoms with van der Waals surface area (Å²) in [5, 5.41) is 3.29. The van der Waals surface area contributed by atoms with Crippen LogP contribution in [0.3, 0.4) is 0 Å². The van der Waals surface area contributed by atoms with Crippen molar-refractivity contribution in [2.45, 2.75) is 19.4 Å². The zero-order chi connectivity index (χ0) is 13.0. The zero-order valence-electron chi connectivity index (χ0n) is 11.0. The molecule has 98 valence electrons. The number of hydrogen-bond donors (Lipinski definition) is 1. The summed E-state index contributed by atoms with van der Waals surface area (Å²) in [6, 6.07) is 7.97. The minimum absolute atomic E-state index is 0.192. The lowest BCUT2D eigenvalue weighted by Crippen LogP contribution is -2.52. The summed E-state index contributed by atoms with van der Waals surface area (Å²) in [5.41, 5.74) is 1.00. The van der Waals surface area contributed by atoms with Gasteiger partial charge >= 0.3 is 0 Å². The minimum atomic E-state index is 0.192. The first-order chi connectivity index (χ1) is 8.70. The van der Waals surface area contributed by atoms with Crippen LogP contribution in [0.5, 0.6) is 5.75 Å². The van der Waals surface area contributed by atoms with Crippen molar-refractivity contribution in [3.63, 3.8) is 0 Å². The summed E-state index contributed by atoms with van der Waals surface area (Å²) in [7, 11) is 1.64. The number of piperazine rings is 1. The number of carbonyl (C=O) groups excluding carboxylic acids is 1. The van der Waals surface area contributed by atoms with Gasteiger partial charge in [0, 0.05) is 25.7 Å². The second-order valence-electron chi connectivity index (χ2n) is 4.67. The maximum atomic E-state index is 12.2. The molecule has 1 atom stereocenters. The highest BCUT2D eigenvalue weighted by Crippen LogP contribution is 2.14. The number of nitrogens with one attached hydrogen (secondary N) is 1. The van der Waals surface area contributed by atoms with Crippen LogP contribution in [0.2, 0.25) is 0 Å². The molecule has 1 unspecified atom stereocenters. The van der Waals surface area contributed by atoms with Gasteiger partial charge in [-0.3, -0.25) is 4.79 Å². The molecule has 0 radical (unpaired) electrons. The van der Waals surface area contributed by atoms with Crippen LogP contribution >= 0.6 is 0 Å². The molecule has 0 bridgehead atoms. The van der Waals surface area contributed by atoms with Gasteiger partial charge in [0.1, 0.15) is 5.75 Å². The summed E-state index contributed by atoms with van der Waals surface area (Å²) in [4.78, 5) is 14.2. The summed E-state index contributed by atoms with van der Waals surface area (Å²) in [6.07, 6.45) is 0.446. The molecule has 4 nitrogen and oxygen atoms in total. The van der Waals surface area contributed by atoms with Gasteiger partial charge in [-0.2, -0.15) is 0 Å². The van der Waals surface area contributed by atoms with Crippen molar-refractivity contribution in [3.05, 3.63) is 29.8 Å². The molecule has 1 amide bonds. The molecule has 1 N–H and O–H groups in total. The predicted molar refractivity (Wildman–Crippen MR) is 70.7 cm³/mol. The van der Waals surface area contributed by atoms with Gasteiger partial charge in [-0.1, -0.05) is 12.1 Å². The number of rotatable bonds is 3. The van der Waals surface area contributed by atoms with Gasteiger partial charge in [0.25, 0.3) is 0 Å². The third-order valence-electron chi connectivity index (χ3n) is 3.31. The van der Waals surface area contributed by atoms with E-state index in [9.17, 15) is 4.79 Å². The van der Waals surface area contributed by atoms with Gasteiger partial charge in [0.05, 0.1) is 13.5 Å². The van der Waals surface area contributed by atoms with Crippen LogP contribution in [0.4, 0.5) is 0 Å². The van der Waals surface area contributed by atoms with Gasteiger partial charge in [-0.05, 0) is 24.6 Å². The Morgan fingerprint density at radius 3 is 3.11 bits per heavy atom. The maximum Gasteiger partial charge on any atom is 0.227 e. The van der Waals surface area contributed by atoms with Crippen molar-refractivity contribution in [3.8, 4) is 5.75 Å². The van der Waals surface area contributed by atoms with E-state index in [0.717, 1.165) is 30.9 Å². The van der Waals surface area contributed by atoms with E-state index < -0.39 is 0 Å². The molecule has 1 fully saturated rings. The molecule has 1 aliphatic rings. The fraction of sp³-hybridized carbons (Fsp3) is 0.500. The van der Waals surface area contributed by atoms with E-state index >= 15 is 0 Å². The Morgan fingerprint density at radius 1 is 1.56 bits per heavy atom. The summed E-state index contributed by atoms with van der Waals surface area (Å²) >= 11 is 0. The van der Waals surface area contributed by atoms with E-state index in [-0.39, 0.29) is 11.9 Å². The number of benzene rings is 1. The molecule has 0 aromatic heterocycles. The SMILES string of the molecule is COc1cccc(CC(=O)N2CCNCC2C)c1. The molecule has 1 aromatic rings. The number of ether oxygens (including phenoxy) is 1. The predicted octanol–water partition coefficient (Wildman–Crippen LogP) is 1.06. The summed E-state index contributed by atoms with van der Waals surface area (Å²) < 4.78 is 5.17. The molecule has 1 heterocycles. The molecular weight excluding hydrogens is 228 g/mol. The minimum Gasteiger partial charge on any atom is -0.497 e. The summed E-state index contributed by atoms with van der Waals surface area (Å²) in [5.74, 6) is 0.992. The van der Waals surface area contributed by atoms with E-state index in [0.29, 0.717) is 6.42 Å². The molecule has 18 heavy (non-hydrogen) atoms. The van der Waals surface area contributed by atoms with E-state index in [4.69, 9.17) is 4.74 Å². The molecule has 0 saturated carbocycles. The summed E-state index contributed by atoms with van der Waals surface area (Å²) in [6.45, 7) is 4.64. The topological polar surface area (TPSA) is 41.6 Å². The first kappa shape index (κ1) is 12.9. The Labute approximate surface area is 108 Å². The van der Waals surface area contributed by atoms with Crippen LogP contribution in [-0.4, -0.2) is 43.6 Å². The zero-order valence-corrected chi connectivity index (χ0v) is 11.0. The molecular formula is C14H20N2O2. The Balaban J connectivity index is 2.01. The Bertz CT molecular complexity index is 420. The van der Waals surface area contributed by atoms with Crippen molar-refractivity contribution >= 4 is 5.91 Å². The highest BCUT2D eigenvalue weighted by Gasteiger charge is 2.22. The molecule has 1 aliphatic heterocycles. The average Bonchev–Trinajstić information content (AvgIpc) is 2.39. The van der Waals surface area contributed by atoms with E-state index in [2.05, 4.69) is 12.2 Å². The number of hydrogen-bond acceptors (Lipinski definition) is 3. The molecule has 0 aliphatic carbocycles. The Kier molecular flexibility index (Phi) is 4.20. The first-order valence-electron chi connectivity index (χ1n) is 6.34. The fourth-order valence-corrected chi connectivity index (χ4v) is 2.27. The lowest BCUT2D eigenvalue weighted by atomic mass is 10.1. The maximum absolute atomic E-state index is 12.2. The van der Waals surface area contributed by atoms with Crippen molar-refractivity contribution < 1.29 is 9.53 Å². The quantitative estimate of drug-likeness (QED) is 0.869. The van der Waals surface area contributed by atoms with E-state index in [1.54, 1.807) is 7.11 Å². The largest absolute Gasteiger partial charge is 0.497 e. The van der Waals surface area contributed by atoms with Gasteiger partial charge in [-0.25, -0.2) is 0 Å². The van der Waals surface area contributed by atoms with Gasteiger partial charge < -0.3 is 15.0 Å².